The average molecular weight is 778 g/mol. The maximum atomic E-state index is 13.6. The molecule has 1 fully saturated rings. The van der Waals surface area contributed by atoms with E-state index in [0.29, 0.717) is 44.9 Å². The molecule has 12 nitrogen and oxygen atoms in total. The Kier molecular flexibility index (Phi) is 8.70. The van der Waals surface area contributed by atoms with Crippen LogP contribution in [0.15, 0.2) is 48.5 Å². The molecule has 222 valence electrons. The summed E-state index contributed by atoms with van der Waals surface area (Å²) in [6.07, 6.45) is -0.189. The van der Waals surface area contributed by atoms with Gasteiger partial charge >= 0.3 is 173 Å². The third kappa shape index (κ3) is 6.49. The van der Waals surface area contributed by atoms with Gasteiger partial charge in [-0.3, -0.25) is 0 Å². The van der Waals surface area contributed by atoms with Gasteiger partial charge in [0.2, 0.25) is 0 Å². The minimum atomic E-state index is -1.41. The number of carbonyl (C=O) groups is 2. The number of ether oxygens (including phenoxy) is 3. The Morgan fingerprint density at radius 3 is 2.42 bits per heavy atom. The number of rotatable bonds is 10. The van der Waals surface area contributed by atoms with Crippen LogP contribution < -0.4 is 0 Å². The summed E-state index contributed by atoms with van der Waals surface area (Å²) in [6, 6.07) is 16.1. The minimum absolute atomic E-state index is 0.160. The van der Waals surface area contributed by atoms with Gasteiger partial charge in [-0.15, -0.1) is 0 Å². The zero-order chi connectivity index (χ0) is 30.9. The molecule has 1 aliphatic rings. The molecule has 1 saturated heterocycles. The van der Waals surface area contributed by atoms with Gasteiger partial charge in [0.05, 0.1) is 0 Å². The Labute approximate surface area is 265 Å². The first-order valence-electron chi connectivity index (χ1n) is 14.0. The van der Waals surface area contributed by atoms with E-state index in [1.807, 2.05) is 55.5 Å². The van der Waals surface area contributed by atoms with E-state index in [2.05, 4.69) is 15.5 Å². The van der Waals surface area contributed by atoms with Crippen molar-refractivity contribution < 1.29 is 28.9 Å². The molecule has 0 bridgehead atoms. The molecule has 43 heavy (non-hydrogen) atoms. The van der Waals surface area contributed by atoms with E-state index in [0.717, 1.165) is 34.5 Å². The van der Waals surface area contributed by atoms with Crippen molar-refractivity contribution in [2.45, 2.75) is 71.3 Å². The van der Waals surface area contributed by atoms with E-state index in [9.17, 15) is 14.7 Å². The number of aliphatic hydroxyl groups is 1. The van der Waals surface area contributed by atoms with Crippen molar-refractivity contribution in [3.8, 4) is 22.5 Å². The first kappa shape index (κ1) is 30.8. The van der Waals surface area contributed by atoms with E-state index in [1.165, 1.54) is 0 Å². The van der Waals surface area contributed by atoms with Crippen LogP contribution in [0.4, 0.5) is 4.79 Å². The van der Waals surface area contributed by atoms with Crippen LogP contribution in [-0.2, 0) is 32.8 Å². The standard InChI is InChI=1S/C30H33N6O6.Tl/c1-6-9-23-31-25(29(2,3)39)24(27(37)40-17-22-30(4,5)42-28(38)41-22)36(23)16-18-12-14-19(15-13-18)20-10-7-8-11-21(20)26-32-34-35-33-26;/h7-8,10-15,22,39H,6,9,16-17H2,1-5H3;/q-1;+1. The summed E-state index contributed by atoms with van der Waals surface area (Å²) >= 11 is 0.431. The van der Waals surface area contributed by atoms with Gasteiger partial charge in [-0.1, -0.05) is 6.92 Å². The van der Waals surface area contributed by atoms with Crippen LogP contribution in [0.5, 0.6) is 0 Å². The first-order valence-corrected chi connectivity index (χ1v) is 16.0. The molecule has 0 amide bonds. The number of nitrogens with zero attached hydrogens (tertiary/aromatic N) is 6. The second-order valence-corrected chi connectivity index (χ2v) is 13.4. The predicted molar refractivity (Wildman–Crippen MR) is 156 cm³/mol. The zero-order valence-corrected chi connectivity index (χ0v) is 29.3. The second kappa shape index (κ2) is 12.1. The molecule has 1 aliphatic heterocycles. The molecule has 0 saturated carbocycles. The number of aromatic nitrogens is 6. The molecule has 3 heterocycles. The topological polar surface area (TPSA) is 143 Å². The molecule has 0 aliphatic carbocycles. The molecule has 0 spiro atoms. The van der Waals surface area contributed by atoms with Crippen molar-refractivity contribution in [2.24, 2.45) is 0 Å². The number of carbonyl (C=O) groups excluding carboxylic acids is 2. The van der Waals surface area contributed by atoms with Crippen molar-refractivity contribution >= 4 is 38.2 Å². The van der Waals surface area contributed by atoms with Gasteiger partial charge in [-0.2, -0.15) is 0 Å². The predicted octanol–water partition coefficient (Wildman–Crippen LogP) is 3.83. The van der Waals surface area contributed by atoms with Crippen LogP contribution >= 0.6 is 0 Å². The van der Waals surface area contributed by atoms with Crippen molar-refractivity contribution in [2.75, 3.05) is 6.61 Å². The molecule has 1 atom stereocenters. The fraction of sp³-hybridized carbons (Fsp3) is 0.400. The van der Waals surface area contributed by atoms with Crippen molar-refractivity contribution in [3.63, 3.8) is 0 Å². The average Bonchev–Trinajstić information content (AvgIpc) is 3.62. The normalized spacial score (nSPS) is 16.1. The van der Waals surface area contributed by atoms with Crippen molar-refractivity contribution in [1.29, 1.82) is 0 Å². The second-order valence-electron chi connectivity index (χ2n) is 11.5. The SMILES string of the molecule is CCCc1nc(C(C)(C)O)c(C(=O)OCC2OC(=O)OC2(C)C)n1Cc1ccc(-c2ccccc2-c2nnn[n]2[Tl])cc1. The van der Waals surface area contributed by atoms with Crippen LogP contribution in [0.3, 0.4) is 0 Å². The molecule has 1 N–H and O–H groups in total. The molecule has 2 aromatic carbocycles. The molecule has 4 aromatic rings. The van der Waals surface area contributed by atoms with E-state index >= 15 is 0 Å². The van der Waals surface area contributed by atoms with Crippen LogP contribution in [0.25, 0.3) is 22.5 Å². The summed E-state index contributed by atoms with van der Waals surface area (Å²) in [5.74, 6) is 0.728. The molecule has 1 unspecified atom stereocenters. The Morgan fingerprint density at radius 1 is 1.14 bits per heavy atom. The van der Waals surface area contributed by atoms with E-state index in [4.69, 9.17) is 19.2 Å². The first-order chi connectivity index (χ1) is 20.4. The zero-order valence-electron chi connectivity index (χ0n) is 24.8. The van der Waals surface area contributed by atoms with Crippen LogP contribution in [0.1, 0.15) is 68.6 Å². The quantitative estimate of drug-likeness (QED) is 0.187. The Morgan fingerprint density at radius 2 is 1.84 bits per heavy atom. The third-order valence-electron chi connectivity index (χ3n) is 7.29. The number of esters is 1. The van der Waals surface area contributed by atoms with Crippen molar-refractivity contribution in [3.05, 3.63) is 71.3 Å². The summed E-state index contributed by atoms with van der Waals surface area (Å²) in [7, 11) is 0. The number of cyclic esters (lactones) is 2. The van der Waals surface area contributed by atoms with Gasteiger partial charge in [0.1, 0.15) is 12.2 Å². The van der Waals surface area contributed by atoms with Gasteiger partial charge < -0.3 is 19.3 Å². The van der Waals surface area contributed by atoms with Gasteiger partial charge in [0, 0.05) is 0 Å². The number of tetrazole rings is 1. The summed E-state index contributed by atoms with van der Waals surface area (Å²) in [4.78, 5) is 30.0. The van der Waals surface area contributed by atoms with Gasteiger partial charge in [-0.25, -0.2) is 9.59 Å². The summed E-state index contributed by atoms with van der Waals surface area (Å²) in [5, 5.41) is 23.1. The van der Waals surface area contributed by atoms with E-state index in [1.54, 1.807) is 34.8 Å². The fourth-order valence-corrected chi connectivity index (χ4v) is 5.93. The molecule has 13 heteroatoms. The summed E-state index contributed by atoms with van der Waals surface area (Å²) in [6.45, 7) is 8.72. The number of aryl methyl sites for hydroxylation is 1. The van der Waals surface area contributed by atoms with Crippen LogP contribution in [-0.4, -0.2) is 89.2 Å². The van der Waals surface area contributed by atoms with Crippen molar-refractivity contribution in [1.82, 2.24) is 27.6 Å². The van der Waals surface area contributed by atoms with Gasteiger partial charge in [-0.05, 0) is 34.1 Å². The Balaban J connectivity index is 1.46. The molecular formula is C30H33N6O6Tl. The van der Waals surface area contributed by atoms with E-state index < -0.39 is 29.4 Å². The molecule has 2 aromatic heterocycles. The molecule has 5 rings (SSSR count). The summed E-state index contributed by atoms with van der Waals surface area (Å²) in [5.41, 5.74) is 1.92. The number of imidazole rings is 1. The molecule has 0 radical (unpaired) electrons. The number of hydrogen-bond donors (Lipinski definition) is 1. The van der Waals surface area contributed by atoms with Gasteiger partial charge in [0.15, 0.2) is 11.7 Å². The Bertz CT molecular complexity index is 1640. The Hall–Kier alpha value is -3.66. The van der Waals surface area contributed by atoms with Gasteiger partial charge in [0.25, 0.3) is 0 Å². The fourth-order valence-electron chi connectivity index (χ4n) is 5.01. The molecular weight excluding hydrogens is 745 g/mol. The number of benzene rings is 2. The van der Waals surface area contributed by atoms with Crippen LogP contribution in [0, 0.1) is 0 Å². The van der Waals surface area contributed by atoms with E-state index in [-0.39, 0.29) is 18.0 Å². The maximum absolute atomic E-state index is 13.6. The monoisotopic (exact) mass is 778 g/mol. The summed E-state index contributed by atoms with van der Waals surface area (Å²) < 4.78 is 19.6. The third-order valence-corrected chi connectivity index (χ3v) is 8.64. The van der Waals surface area contributed by atoms with Crippen LogP contribution in [0.2, 0.25) is 0 Å². The number of hydrogen-bond acceptors (Lipinski definition) is 10.